The molecular weight excluding hydrogens is 276 g/mol. The fourth-order valence-electron chi connectivity index (χ4n) is 2.39. The Morgan fingerprint density at radius 2 is 1.67 bits per heavy atom. The average molecular weight is 296 g/mol. The molecule has 1 heterocycles. The highest BCUT2D eigenvalue weighted by atomic mass is 32.1. The van der Waals surface area contributed by atoms with Gasteiger partial charge in [0.1, 0.15) is 0 Å². The predicted molar refractivity (Wildman–Crippen MR) is 91.0 cm³/mol. The normalized spacial score (nSPS) is 11.0. The minimum absolute atomic E-state index is 1.05. The number of aromatic nitrogens is 1. The Bertz CT molecular complexity index is 643. The highest BCUT2D eigenvalue weighted by Crippen LogP contribution is 2.22. The predicted octanol–water partition coefficient (Wildman–Crippen LogP) is 4.06. The van der Waals surface area contributed by atoms with Crippen molar-refractivity contribution in [3.05, 3.63) is 65.2 Å². The van der Waals surface area contributed by atoms with Crippen molar-refractivity contribution in [2.75, 3.05) is 13.1 Å². The first kappa shape index (κ1) is 14.2. The molecule has 21 heavy (non-hydrogen) atoms. The van der Waals surface area contributed by atoms with Gasteiger partial charge in [-0.3, -0.25) is 0 Å². The number of fused-ring (bicyclic) bond motifs is 1. The average Bonchev–Trinajstić information content (AvgIpc) is 2.94. The fourth-order valence-corrected chi connectivity index (χ4v) is 3.40. The number of para-hydroxylation sites is 1. The molecule has 1 N–H and O–H groups in total. The molecule has 0 fully saturated rings. The first-order valence-corrected chi connectivity index (χ1v) is 8.32. The highest BCUT2D eigenvalue weighted by Gasteiger charge is 2.02. The van der Waals surface area contributed by atoms with Crippen molar-refractivity contribution in [1.29, 1.82) is 0 Å². The third kappa shape index (κ3) is 4.13. The number of nitrogens with zero attached hydrogens (tertiary/aromatic N) is 1. The maximum Gasteiger partial charge on any atom is 0.0939 e. The third-order valence-electron chi connectivity index (χ3n) is 3.52. The number of hydrogen-bond donors (Lipinski definition) is 1. The number of hydrogen-bond acceptors (Lipinski definition) is 3. The van der Waals surface area contributed by atoms with E-state index < -0.39 is 0 Å². The molecule has 0 aliphatic carbocycles. The van der Waals surface area contributed by atoms with Crippen molar-refractivity contribution in [3.63, 3.8) is 0 Å². The van der Waals surface area contributed by atoms with Crippen LogP contribution < -0.4 is 5.32 Å². The van der Waals surface area contributed by atoms with Gasteiger partial charge in [-0.15, -0.1) is 11.3 Å². The second-order valence-electron chi connectivity index (χ2n) is 5.16. The van der Waals surface area contributed by atoms with Crippen molar-refractivity contribution in [2.45, 2.75) is 19.3 Å². The van der Waals surface area contributed by atoms with Gasteiger partial charge in [-0.05, 0) is 43.6 Å². The van der Waals surface area contributed by atoms with Crippen LogP contribution in [0.4, 0.5) is 0 Å². The molecule has 1 aromatic heterocycles. The van der Waals surface area contributed by atoms with E-state index in [9.17, 15) is 0 Å². The summed E-state index contributed by atoms with van der Waals surface area (Å²) in [6.45, 7) is 2.10. The van der Waals surface area contributed by atoms with E-state index >= 15 is 0 Å². The van der Waals surface area contributed by atoms with Crippen LogP contribution in [0.5, 0.6) is 0 Å². The first-order valence-electron chi connectivity index (χ1n) is 7.51. The van der Waals surface area contributed by atoms with E-state index in [0.717, 1.165) is 37.9 Å². The van der Waals surface area contributed by atoms with Gasteiger partial charge in [-0.2, -0.15) is 0 Å². The van der Waals surface area contributed by atoms with Crippen molar-refractivity contribution in [3.8, 4) is 0 Å². The van der Waals surface area contributed by atoms with Crippen LogP contribution in [0.15, 0.2) is 54.6 Å². The van der Waals surface area contributed by atoms with Gasteiger partial charge in [0.25, 0.3) is 0 Å². The van der Waals surface area contributed by atoms with E-state index in [2.05, 4.69) is 64.9 Å². The number of benzene rings is 2. The number of rotatable bonds is 7. The molecule has 0 radical (unpaired) electrons. The minimum atomic E-state index is 1.05. The molecule has 2 aromatic carbocycles. The van der Waals surface area contributed by atoms with Gasteiger partial charge >= 0.3 is 0 Å². The molecule has 0 aliphatic rings. The summed E-state index contributed by atoms with van der Waals surface area (Å²) in [5.41, 5.74) is 2.53. The van der Waals surface area contributed by atoms with Crippen LogP contribution in [0.2, 0.25) is 0 Å². The lowest BCUT2D eigenvalue weighted by atomic mass is 10.1. The molecule has 3 heteroatoms. The molecule has 0 atom stereocenters. The number of aryl methyl sites for hydroxylation is 1. The van der Waals surface area contributed by atoms with E-state index in [1.807, 2.05) is 11.3 Å². The molecule has 0 saturated heterocycles. The van der Waals surface area contributed by atoms with Crippen LogP contribution in [0.1, 0.15) is 17.0 Å². The summed E-state index contributed by atoms with van der Waals surface area (Å²) >= 11 is 1.82. The lowest BCUT2D eigenvalue weighted by molar-refractivity contribution is 0.647. The lowest BCUT2D eigenvalue weighted by Gasteiger charge is -2.04. The lowest BCUT2D eigenvalue weighted by Crippen LogP contribution is -2.18. The highest BCUT2D eigenvalue weighted by molar-refractivity contribution is 7.18. The topological polar surface area (TPSA) is 24.9 Å². The molecule has 0 spiro atoms. The van der Waals surface area contributed by atoms with Crippen molar-refractivity contribution >= 4 is 21.6 Å². The van der Waals surface area contributed by atoms with Crippen LogP contribution >= 0.6 is 11.3 Å². The number of thiazole rings is 1. The van der Waals surface area contributed by atoms with E-state index in [1.54, 1.807) is 0 Å². The van der Waals surface area contributed by atoms with Gasteiger partial charge in [0.15, 0.2) is 0 Å². The minimum Gasteiger partial charge on any atom is -0.316 e. The first-order chi connectivity index (χ1) is 10.4. The van der Waals surface area contributed by atoms with Gasteiger partial charge in [-0.25, -0.2) is 4.98 Å². The molecule has 108 valence electrons. The van der Waals surface area contributed by atoms with Crippen molar-refractivity contribution in [2.24, 2.45) is 0 Å². The smallest absolute Gasteiger partial charge is 0.0939 e. The van der Waals surface area contributed by atoms with E-state index in [4.69, 9.17) is 0 Å². The molecule has 0 aliphatic heterocycles. The molecule has 3 rings (SSSR count). The molecule has 2 nitrogen and oxygen atoms in total. The summed E-state index contributed by atoms with van der Waals surface area (Å²) < 4.78 is 1.30. The zero-order valence-electron chi connectivity index (χ0n) is 12.1. The molecular formula is C18H20N2S. The van der Waals surface area contributed by atoms with Gasteiger partial charge in [0.05, 0.1) is 15.2 Å². The maximum atomic E-state index is 4.67. The number of nitrogens with one attached hydrogen (secondary N) is 1. The summed E-state index contributed by atoms with van der Waals surface area (Å²) in [6, 6.07) is 19.0. The molecule has 0 unspecified atom stereocenters. The second-order valence-corrected chi connectivity index (χ2v) is 6.28. The van der Waals surface area contributed by atoms with E-state index in [1.165, 1.54) is 15.3 Å². The molecule has 3 aromatic rings. The van der Waals surface area contributed by atoms with Gasteiger partial charge in [0.2, 0.25) is 0 Å². The Morgan fingerprint density at radius 1 is 0.857 bits per heavy atom. The van der Waals surface area contributed by atoms with Crippen LogP contribution in [0, 0.1) is 0 Å². The van der Waals surface area contributed by atoms with Crippen LogP contribution in [0.25, 0.3) is 10.2 Å². The summed E-state index contributed by atoms with van der Waals surface area (Å²) in [4.78, 5) is 4.67. The van der Waals surface area contributed by atoms with E-state index in [-0.39, 0.29) is 0 Å². The van der Waals surface area contributed by atoms with E-state index in [0.29, 0.717) is 0 Å². The van der Waals surface area contributed by atoms with Crippen LogP contribution in [0.3, 0.4) is 0 Å². The Kier molecular flexibility index (Phi) is 4.98. The third-order valence-corrected chi connectivity index (χ3v) is 4.61. The van der Waals surface area contributed by atoms with Gasteiger partial charge < -0.3 is 5.32 Å². The summed E-state index contributed by atoms with van der Waals surface area (Å²) in [5, 5.41) is 4.77. The largest absolute Gasteiger partial charge is 0.316 e. The Balaban J connectivity index is 1.36. The Hall–Kier alpha value is -1.71. The fraction of sp³-hybridized carbons (Fsp3) is 0.278. The Morgan fingerprint density at radius 3 is 2.52 bits per heavy atom. The van der Waals surface area contributed by atoms with Crippen molar-refractivity contribution < 1.29 is 0 Å². The molecule has 0 amide bonds. The monoisotopic (exact) mass is 296 g/mol. The zero-order valence-corrected chi connectivity index (χ0v) is 12.9. The SMILES string of the molecule is c1ccc(CCNCCCc2nc3ccccc3s2)cc1. The summed E-state index contributed by atoms with van der Waals surface area (Å²) in [6.07, 6.45) is 3.31. The van der Waals surface area contributed by atoms with Crippen molar-refractivity contribution in [1.82, 2.24) is 10.3 Å². The summed E-state index contributed by atoms with van der Waals surface area (Å²) in [5.74, 6) is 0. The maximum absolute atomic E-state index is 4.67. The quantitative estimate of drug-likeness (QED) is 0.665. The van der Waals surface area contributed by atoms with Crippen LogP contribution in [-0.2, 0) is 12.8 Å². The Labute approximate surface area is 129 Å². The second kappa shape index (κ2) is 7.34. The standard InChI is InChI=1S/C18H20N2S/c1-2-7-15(8-3-1)12-14-19-13-6-11-18-20-16-9-4-5-10-17(16)21-18/h1-5,7-10,19H,6,11-14H2. The zero-order chi connectivity index (χ0) is 14.3. The molecule has 0 saturated carbocycles. The van der Waals surface area contributed by atoms with Crippen LogP contribution in [-0.4, -0.2) is 18.1 Å². The summed E-state index contributed by atoms with van der Waals surface area (Å²) in [7, 11) is 0. The van der Waals surface area contributed by atoms with Gasteiger partial charge in [-0.1, -0.05) is 42.5 Å². The van der Waals surface area contributed by atoms with Gasteiger partial charge in [0, 0.05) is 6.42 Å². The molecule has 0 bridgehead atoms.